The van der Waals surface area contributed by atoms with Crippen LogP contribution in [0.3, 0.4) is 0 Å². The summed E-state index contributed by atoms with van der Waals surface area (Å²) in [7, 11) is 0. The van der Waals surface area contributed by atoms with Gasteiger partial charge in [-0.1, -0.05) is 18.2 Å². The average Bonchev–Trinajstić information content (AvgIpc) is 2.93. The fourth-order valence-electron chi connectivity index (χ4n) is 2.17. The Morgan fingerprint density at radius 1 is 1.20 bits per heavy atom. The van der Waals surface area contributed by atoms with Crippen LogP contribution in [0.25, 0.3) is 10.9 Å². The van der Waals surface area contributed by atoms with E-state index >= 15 is 0 Å². The standard InChI is InChI=1S/C15H16N4O/c20-8-7-19-11-12(10-18-19)9-17-14-5-1-3-13-4-2-6-16-15(13)14/h1-6,10-11,17,20H,7-9H2. The van der Waals surface area contributed by atoms with Crippen molar-refractivity contribution >= 4 is 16.6 Å². The minimum Gasteiger partial charge on any atom is -0.394 e. The van der Waals surface area contributed by atoms with Crippen molar-refractivity contribution in [3.8, 4) is 0 Å². The van der Waals surface area contributed by atoms with E-state index in [2.05, 4.69) is 15.4 Å². The molecule has 0 amide bonds. The predicted molar refractivity (Wildman–Crippen MR) is 78.4 cm³/mol. The van der Waals surface area contributed by atoms with Crippen molar-refractivity contribution in [2.24, 2.45) is 0 Å². The minimum absolute atomic E-state index is 0.0990. The maximum absolute atomic E-state index is 8.87. The van der Waals surface area contributed by atoms with Gasteiger partial charge in [0.15, 0.2) is 0 Å². The van der Waals surface area contributed by atoms with Crippen LogP contribution in [0.4, 0.5) is 5.69 Å². The van der Waals surface area contributed by atoms with Gasteiger partial charge in [-0.05, 0) is 12.1 Å². The van der Waals surface area contributed by atoms with Gasteiger partial charge in [0, 0.05) is 29.9 Å². The summed E-state index contributed by atoms with van der Waals surface area (Å²) in [6, 6.07) is 10.1. The van der Waals surface area contributed by atoms with Gasteiger partial charge in [-0.2, -0.15) is 5.10 Å². The van der Waals surface area contributed by atoms with E-state index in [0.717, 1.165) is 22.2 Å². The molecule has 2 heterocycles. The number of nitrogens with zero attached hydrogens (tertiary/aromatic N) is 3. The quantitative estimate of drug-likeness (QED) is 0.743. The molecule has 0 saturated heterocycles. The molecule has 0 aliphatic heterocycles. The van der Waals surface area contributed by atoms with Crippen molar-refractivity contribution in [1.82, 2.24) is 14.8 Å². The molecule has 5 nitrogen and oxygen atoms in total. The Labute approximate surface area is 116 Å². The minimum atomic E-state index is 0.0990. The van der Waals surface area contributed by atoms with E-state index in [9.17, 15) is 0 Å². The number of aliphatic hydroxyl groups is 1. The summed E-state index contributed by atoms with van der Waals surface area (Å²) in [4.78, 5) is 4.41. The van der Waals surface area contributed by atoms with Gasteiger partial charge in [-0.25, -0.2) is 0 Å². The number of aliphatic hydroxyl groups excluding tert-OH is 1. The molecule has 0 aliphatic carbocycles. The lowest BCUT2D eigenvalue weighted by molar-refractivity contribution is 0.269. The maximum Gasteiger partial charge on any atom is 0.0933 e. The molecule has 0 bridgehead atoms. The molecular formula is C15H16N4O. The van der Waals surface area contributed by atoms with Crippen LogP contribution in [0.1, 0.15) is 5.56 Å². The molecule has 20 heavy (non-hydrogen) atoms. The van der Waals surface area contributed by atoms with Crippen molar-refractivity contribution in [3.63, 3.8) is 0 Å². The van der Waals surface area contributed by atoms with Gasteiger partial charge in [-0.3, -0.25) is 9.67 Å². The molecule has 0 fully saturated rings. The van der Waals surface area contributed by atoms with Gasteiger partial charge < -0.3 is 10.4 Å². The van der Waals surface area contributed by atoms with E-state index in [0.29, 0.717) is 13.1 Å². The Balaban J connectivity index is 1.76. The number of para-hydroxylation sites is 1. The van der Waals surface area contributed by atoms with Crippen LogP contribution in [0, 0.1) is 0 Å². The molecule has 5 heteroatoms. The molecule has 0 radical (unpaired) electrons. The van der Waals surface area contributed by atoms with Gasteiger partial charge in [0.05, 0.1) is 30.6 Å². The van der Waals surface area contributed by atoms with Crippen LogP contribution >= 0.6 is 0 Å². The van der Waals surface area contributed by atoms with Crippen molar-refractivity contribution in [1.29, 1.82) is 0 Å². The Bertz CT molecular complexity index is 702. The summed E-state index contributed by atoms with van der Waals surface area (Å²) in [5.74, 6) is 0. The van der Waals surface area contributed by atoms with Gasteiger partial charge in [0.25, 0.3) is 0 Å². The van der Waals surface area contributed by atoms with Gasteiger partial charge in [0.2, 0.25) is 0 Å². The van der Waals surface area contributed by atoms with Crippen LogP contribution in [0.5, 0.6) is 0 Å². The zero-order valence-corrected chi connectivity index (χ0v) is 11.0. The van der Waals surface area contributed by atoms with Crippen molar-refractivity contribution in [2.45, 2.75) is 13.1 Å². The number of hydrogen-bond donors (Lipinski definition) is 2. The predicted octanol–water partition coefficient (Wildman–Crippen LogP) is 2.04. The summed E-state index contributed by atoms with van der Waals surface area (Å²) < 4.78 is 1.73. The van der Waals surface area contributed by atoms with E-state index in [4.69, 9.17) is 5.11 Å². The lowest BCUT2D eigenvalue weighted by Crippen LogP contribution is -2.02. The third kappa shape index (κ3) is 2.62. The number of pyridine rings is 1. The molecule has 3 aromatic rings. The zero-order valence-electron chi connectivity index (χ0n) is 11.0. The van der Waals surface area contributed by atoms with Crippen LogP contribution in [-0.4, -0.2) is 26.5 Å². The van der Waals surface area contributed by atoms with Gasteiger partial charge in [-0.15, -0.1) is 0 Å². The van der Waals surface area contributed by atoms with Gasteiger partial charge in [0.1, 0.15) is 0 Å². The number of benzene rings is 1. The lowest BCUT2D eigenvalue weighted by Gasteiger charge is -2.07. The summed E-state index contributed by atoms with van der Waals surface area (Å²) >= 11 is 0. The fourth-order valence-corrected chi connectivity index (χ4v) is 2.17. The summed E-state index contributed by atoms with van der Waals surface area (Å²) in [5, 5.41) is 17.6. The first-order valence-corrected chi connectivity index (χ1v) is 6.56. The number of aromatic nitrogens is 3. The SMILES string of the molecule is OCCn1cc(CNc2cccc3cccnc23)cn1. The van der Waals surface area contributed by atoms with E-state index in [1.807, 2.05) is 36.5 Å². The number of hydrogen-bond acceptors (Lipinski definition) is 4. The number of fused-ring (bicyclic) bond motifs is 1. The molecule has 1 aromatic carbocycles. The monoisotopic (exact) mass is 268 g/mol. The molecule has 3 rings (SSSR count). The Morgan fingerprint density at radius 2 is 2.10 bits per heavy atom. The summed E-state index contributed by atoms with van der Waals surface area (Å²) in [6.07, 6.45) is 5.54. The average molecular weight is 268 g/mol. The molecule has 0 unspecified atom stereocenters. The largest absolute Gasteiger partial charge is 0.394 e. The first-order chi connectivity index (χ1) is 9.86. The normalized spacial score (nSPS) is 10.8. The third-order valence-corrected chi connectivity index (χ3v) is 3.13. The number of rotatable bonds is 5. The van der Waals surface area contributed by atoms with Crippen LogP contribution < -0.4 is 5.32 Å². The molecular weight excluding hydrogens is 252 g/mol. The number of anilines is 1. The second-order valence-electron chi connectivity index (χ2n) is 4.57. The third-order valence-electron chi connectivity index (χ3n) is 3.13. The maximum atomic E-state index is 8.87. The van der Waals surface area contributed by atoms with E-state index in [1.165, 1.54) is 0 Å². The highest BCUT2D eigenvalue weighted by Crippen LogP contribution is 2.21. The fraction of sp³-hybridized carbons (Fsp3) is 0.200. The molecule has 0 spiro atoms. The van der Waals surface area contributed by atoms with Crippen molar-refractivity contribution < 1.29 is 5.11 Å². The smallest absolute Gasteiger partial charge is 0.0933 e. The van der Waals surface area contributed by atoms with Crippen molar-refractivity contribution in [2.75, 3.05) is 11.9 Å². The van der Waals surface area contributed by atoms with E-state index in [1.54, 1.807) is 17.1 Å². The van der Waals surface area contributed by atoms with E-state index < -0.39 is 0 Å². The molecule has 0 aliphatic rings. The molecule has 0 atom stereocenters. The second kappa shape index (κ2) is 5.71. The topological polar surface area (TPSA) is 63.0 Å². The summed E-state index contributed by atoms with van der Waals surface area (Å²) in [6.45, 7) is 1.30. The van der Waals surface area contributed by atoms with Crippen LogP contribution in [0.2, 0.25) is 0 Å². The van der Waals surface area contributed by atoms with Gasteiger partial charge >= 0.3 is 0 Å². The highest BCUT2D eigenvalue weighted by molar-refractivity contribution is 5.90. The zero-order chi connectivity index (χ0) is 13.8. The van der Waals surface area contributed by atoms with Crippen molar-refractivity contribution in [3.05, 3.63) is 54.5 Å². The first kappa shape index (κ1) is 12.6. The highest BCUT2D eigenvalue weighted by Gasteiger charge is 2.02. The van der Waals surface area contributed by atoms with Crippen LogP contribution in [-0.2, 0) is 13.1 Å². The van der Waals surface area contributed by atoms with Crippen LogP contribution in [0.15, 0.2) is 48.9 Å². The molecule has 2 N–H and O–H groups in total. The Morgan fingerprint density at radius 3 is 3.00 bits per heavy atom. The molecule has 0 saturated carbocycles. The number of nitrogens with one attached hydrogen (secondary N) is 1. The highest BCUT2D eigenvalue weighted by atomic mass is 16.3. The molecule has 102 valence electrons. The Hall–Kier alpha value is -2.40. The van der Waals surface area contributed by atoms with E-state index in [-0.39, 0.29) is 6.61 Å². The Kier molecular flexibility index (Phi) is 3.60. The summed E-state index contributed by atoms with van der Waals surface area (Å²) in [5.41, 5.74) is 3.06. The molecule has 2 aromatic heterocycles. The second-order valence-corrected chi connectivity index (χ2v) is 4.57. The first-order valence-electron chi connectivity index (χ1n) is 6.56. The lowest BCUT2D eigenvalue weighted by atomic mass is 10.2.